The van der Waals surface area contributed by atoms with E-state index in [0.29, 0.717) is 10.7 Å². The lowest BCUT2D eigenvalue weighted by atomic mass is 10.2. The number of sulfonamides is 1. The fourth-order valence-corrected chi connectivity index (χ4v) is 4.05. The summed E-state index contributed by atoms with van der Waals surface area (Å²) >= 11 is 7.16. The van der Waals surface area contributed by atoms with Gasteiger partial charge in [-0.3, -0.25) is 4.72 Å². The van der Waals surface area contributed by atoms with Gasteiger partial charge in [-0.15, -0.1) is 11.3 Å². The number of hydrogen-bond donors (Lipinski definition) is 2. The second kappa shape index (κ2) is 6.31. The third-order valence-corrected chi connectivity index (χ3v) is 5.43. The van der Waals surface area contributed by atoms with Crippen molar-refractivity contribution in [3.8, 4) is 0 Å². The molecule has 0 saturated carbocycles. The SMILES string of the molecule is CC(C)c1csc(NS(=O)(=O)c2ccc(CO)c(Cl)c2)n1. The van der Waals surface area contributed by atoms with Crippen LogP contribution in [-0.4, -0.2) is 18.5 Å². The lowest BCUT2D eigenvalue weighted by Gasteiger charge is -2.07. The molecule has 8 heteroatoms. The molecule has 0 aliphatic rings. The largest absolute Gasteiger partial charge is 0.392 e. The lowest BCUT2D eigenvalue weighted by Crippen LogP contribution is -2.13. The molecular weight excluding hydrogens is 332 g/mol. The van der Waals surface area contributed by atoms with Gasteiger partial charge in [-0.25, -0.2) is 13.4 Å². The number of nitrogens with zero attached hydrogens (tertiary/aromatic N) is 1. The number of aliphatic hydroxyl groups is 1. The Morgan fingerprint density at radius 1 is 1.43 bits per heavy atom. The van der Waals surface area contributed by atoms with E-state index in [1.165, 1.54) is 29.5 Å². The highest BCUT2D eigenvalue weighted by molar-refractivity contribution is 7.93. The lowest BCUT2D eigenvalue weighted by molar-refractivity contribution is 0.282. The van der Waals surface area contributed by atoms with Gasteiger partial charge in [-0.05, 0) is 23.6 Å². The smallest absolute Gasteiger partial charge is 0.263 e. The van der Waals surface area contributed by atoms with E-state index in [9.17, 15) is 8.42 Å². The summed E-state index contributed by atoms with van der Waals surface area (Å²) in [6, 6.07) is 4.20. The molecule has 2 aromatic rings. The van der Waals surface area contributed by atoms with E-state index in [4.69, 9.17) is 16.7 Å². The van der Waals surface area contributed by atoms with E-state index in [0.717, 1.165) is 5.69 Å². The Hall–Kier alpha value is -1.15. The number of rotatable bonds is 5. The van der Waals surface area contributed by atoms with Crippen LogP contribution in [0.2, 0.25) is 5.02 Å². The van der Waals surface area contributed by atoms with E-state index < -0.39 is 10.0 Å². The molecule has 21 heavy (non-hydrogen) atoms. The number of nitrogens with one attached hydrogen (secondary N) is 1. The second-order valence-corrected chi connectivity index (χ2v) is 7.70. The Balaban J connectivity index is 2.27. The molecular formula is C13H15ClN2O3S2. The molecule has 0 atom stereocenters. The van der Waals surface area contributed by atoms with Crippen LogP contribution in [0.15, 0.2) is 28.5 Å². The molecule has 0 bridgehead atoms. The van der Waals surface area contributed by atoms with Gasteiger partial charge in [0.1, 0.15) is 0 Å². The molecule has 1 heterocycles. The van der Waals surface area contributed by atoms with Gasteiger partial charge >= 0.3 is 0 Å². The van der Waals surface area contributed by atoms with Crippen molar-refractivity contribution < 1.29 is 13.5 Å². The summed E-state index contributed by atoms with van der Waals surface area (Å²) in [6.07, 6.45) is 0. The molecule has 2 N–H and O–H groups in total. The molecule has 5 nitrogen and oxygen atoms in total. The van der Waals surface area contributed by atoms with E-state index in [-0.39, 0.29) is 22.4 Å². The third kappa shape index (κ3) is 3.74. The van der Waals surface area contributed by atoms with E-state index in [2.05, 4.69) is 9.71 Å². The minimum atomic E-state index is -3.74. The molecule has 0 saturated heterocycles. The highest BCUT2D eigenvalue weighted by atomic mass is 35.5. The standard InChI is InChI=1S/C13H15ClN2O3S2/c1-8(2)12-7-20-13(15-12)16-21(18,19)10-4-3-9(6-17)11(14)5-10/h3-5,7-8,17H,6H2,1-2H3,(H,15,16). The molecule has 0 radical (unpaired) electrons. The Labute approximate surface area is 132 Å². The summed E-state index contributed by atoms with van der Waals surface area (Å²) in [4.78, 5) is 4.27. The fourth-order valence-electron chi connectivity index (χ4n) is 1.60. The van der Waals surface area contributed by atoms with Crippen LogP contribution in [0.25, 0.3) is 0 Å². The Kier molecular flexibility index (Phi) is 4.88. The maximum Gasteiger partial charge on any atom is 0.263 e. The summed E-state index contributed by atoms with van der Waals surface area (Å²) in [5, 5.41) is 11.4. The number of halogens is 1. The molecule has 0 aliphatic heterocycles. The first-order chi connectivity index (χ1) is 9.83. The molecule has 0 spiro atoms. The van der Waals surface area contributed by atoms with Gasteiger partial charge < -0.3 is 5.11 Å². The maximum absolute atomic E-state index is 12.3. The van der Waals surface area contributed by atoms with Crippen molar-refractivity contribution in [2.45, 2.75) is 31.3 Å². The monoisotopic (exact) mass is 346 g/mol. The van der Waals surface area contributed by atoms with Crippen molar-refractivity contribution in [2.75, 3.05) is 4.72 Å². The van der Waals surface area contributed by atoms with E-state index in [1.54, 1.807) is 0 Å². The van der Waals surface area contributed by atoms with Crippen LogP contribution < -0.4 is 4.72 Å². The van der Waals surface area contributed by atoms with E-state index in [1.807, 2.05) is 19.2 Å². The van der Waals surface area contributed by atoms with Gasteiger partial charge in [0.25, 0.3) is 10.0 Å². The summed E-state index contributed by atoms with van der Waals surface area (Å²) in [6.45, 7) is 3.73. The minimum absolute atomic E-state index is 0.0333. The predicted octanol–water partition coefficient (Wildman–Crippen LogP) is 3.21. The number of anilines is 1. The normalized spacial score (nSPS) is 11.9. The van der Waals surface area contributed by atoms with Gasteiger partial charge in [-0.1, -0.05) is 31.5 Å². The number of aromatic nitrogens is 1. The third-order valence-electron chi connectivity index (χ3n) is 2.84. The Bertz CT molecular complexity index is 742. The Morgan fingerprint density at radius 3 is 2.67 bits per heavy atom. The Morgan fingerprint density at radius 2 is 2.14 bits per heavy atom. The molecule has 1 aromatic carbocycles. The van der Waals surface area contributed by atoms with Gasteiger partial charge in [0, 0.05) is 10.4 Å². The van der Waals surface area contributed by atoms with Crippen molar-refractivity contribution in [2.24, 2.45) is 0 Å². The highest BCUT2D eigenvalue weighted by Gasteiger charge is 2.18. The molecule has 1 aromatic heterocycles. The molecule has 0 fully saturated rings. The first kappa shape index (κ1) is 16.2. The topological polar surface area (TPSA) is 79.3 Å². The minimum Gasteiger partial charge on any atom is -0.392 e. The van der Waals surface area contributed by atoms with Crippen molar-refractivity contribution >= 4 is 38.1 Å². The zero-order chi connectivity index (χ0) is 15.6. The number of benzene rings is 1. The summed E-state index contributed by atoms with van der Waals surface area (Å²) in [5.74, 6) is 0.234. The molecule has 0 unspecified atom stereocenters. The van der Waals surface area contributed by atoms with E-state index >= 15 is 0 Å². The molecule has 2 rings (SSSR count). The molecule has 0 amide bonds. The quantitative estimate of drug-likeness (QED) is 0.871. The molecule has 114 valence electrons. The van der Waals surface area contributed by atoms with Gasteiger partial charge in [-0.2, -0.15) is 0 Å². The van der Waals surface area contributed by atoms with Gasteiger partial charge in [0.15, 0.2) is 5.13 Å². The van der Waals surface area contributed by atoms with Crippen molar-refractivity contribution in [3.63, 3.8) is 0 Å². The first-order valence-electron chi connectivity index (χ1n) is 6.21. The van der Waals surface area contributed by atoms with Crippen LogP contribution in [0.4, 0.5) is 5.13 Å². The zero-order valence-electron chi connectivity index (χ0n) is 11.5. The zero-order valence-corrected chi connectivity index (χ0v) is 13.9. The van der Waals surface area contributed by atoms with Crippen LogP contribution in [0.3, 0.4) is 0 Å². The van der Waals surface area contributed by atoms with Gasteiger partial charge in [0.2, 0.25) is 0 Å². The van der Waals surface area contributed by atoms with Crippen LogP contribution in [0.5, 0.6) is 0 Å². The van der Waals surface area contributed by atoms with Crippen LogP contribution in [0, 0.1) is 0 Å². The van der Waals surface area contributed by atoms with Crippen molar-refractivity contribution in [3.05, 3.63) is 39.9 Å². The maximum atomic E-state index is 12.3. The number of hydrogen-bond acceptors (Lipinski definition) is 5. The van der Waals surface area contributed by atoms with Gasteiger partial charge in [0.05, 0.1) is 17.2 Å². The van der Waals surface area contributed by atoms with Crippen molar-refractivity contribution in [1.82, 2.24) is 4.98 Å². The summed E-state index contributed by atoms with van der Waals surface area (Å²) in [7, 11) is -3.74. The summed E-state index contributed by atoms with van der Waals surface area (Å²) in [5.41, 5.74) is 1.32. The second-order valence-electron chi connectivity index (χ2n) is 4.75. The van der Waals surface area contributed by atoms with Crippen LogP contribution >= 0.6 is 22.9 Å². The predicted molar refractivity (Wildman–Crippen MR) is 84.4 cm³/mol. The molecule has 0 aliphatic carbocycles. The average Bonchev–Trinajstić information content (AvgIpc) is 2.86. The average molecular weight is 347 g/mol. The fraction of sp³-hybridized carbons (Fsp3) is 0.308. The van der Waals surface area contributed by atoms with Crippen LogP contribution in [0.1, 0.15) is 31.0 Å². The van der Waals surface area contributed by atoms with Crippen molar-refractivity contribution in [1.29, 1.82) is 0 Å². The van der Waals surface area contributed by atoms with Crippen LogP contribution in [-0.2, 0) is 16.6 Å². The number of thiazole rings is 1. The highest BCUT2D eigenvalue weighted by Crippen LogP contribution is 2.26. The first-order valence-corrected chi connectivity index (χ1v) is 8.95. The number of aliphatic hydroxyl groups excluding tert-OH is 1. The summed E-state index contributed by atoms with van der Waals surface area (Å²) < 4.78 is 27.0.